The first-order valence-electron chi connectivity index (χ1n) is 9.65. The van der Waals surface area contributed by atoms with Crippen LogP contribution in [-0.2, 0) is 24.4 Å². The molecule has 3 aromatic carbocycles. The molecule has 0 aliphatic carbocycles. The Bertz CT molecular complexity index is 1110. The summed E-state index contributed by atoms with van der Waals surface area (Å²) in [6.45, 7) is 1.49. The number of para-hydroxylation sites is 1. The highest BCUT2D eigenvalue weighted by molar-refractivity contribution is 7.16. The van der Waals surface area contributed by atoms with Crippen LogP contribution in [0.4, 0.5) is 0 Å². The predicted octanol–water partition coefficient (Wildman–Crippen LogP) is 4.68. The highest BCUT2D eigenvalue weighted by Gasteiger charge is 2.16. The molecule has 0 unspecified atom stereocenters. The van der Waals surface area contributed by atoms with Gasteiger partial charge in [-0.3, -0.25) is 14.2 Å². The third-order valence-electron chi connectivity index (χ3n) is 4.91. The smallest absolute Gasteiger partial charge is 0.308 e. The first-order chi connectivity index (χ1) is 14.2. The number of amides is 1. The summed E-state index contributed by atoms with van der Waals surface area (Å²) < 4.78 is 2.66. The minimum atomic E-state index is -0.0170. The zero-order valence-corrected chi connectivity index (χ0v) is 16.8. The van der Waals surface area contributed by atoms with E-state index < -0.39 is 0 Å². The standard InChI is InChI=1S/C24H22N2O2S/c27-23(15-16-26-21-13-7-8-14-22(21)29-24(26)28)25(17-19-9-3-1-4-10-19)18-20-11-5-2-6-12-20/h1-14H,15-18H2. The van der Waals surface area contributed by atoms with E-state index in [2.05, 4.69) is 0 Å². The van der Waals surface area contributed by atoms with Gasteiger partial charge in [-0.15, -0.1) is 0 Å². The van der Waals surface area contributed by atoms with Gasteiger partial charge in [-0.05, 0) is 23.3 Å². The molecule has 0 aliphatic heterocycles. The van der Waals surface area contributed by atoms with Crippen LogP contribution in [0, 0.1) is 0 Å². The highest BCUT2D eigenvalue weighted by atomic mass is 32.1. The molecule has 1 aromatic heterocycles. The van der Waals surface area contributed by atoms with E-state index in [0.29, 0.717) is 26.1 Å². The zero-order valence-electron chi connectivity index (χ0n) is 16.0. The molecule has 4 aromatic rings. The van der Waals surface area contributed by atoms with Crippen LogP contribution >= 0.6 is 11.3 Å². The lowest BCUT2D eigenvalue weighted by atomic mass is 10.1. The van der Waals surface area contributed by atoms with Gasteiger partial charge in [-0.2, -0.15) is 0 Å². The number of hydrogen-bond acceptors (Lipinski definition) is 3. The van der Waals surface area contributed by atoms with Crippen LogP contribution in [0.2, 0.25) is 0 Å². The van der Waals surface area contributed by atoms with E-state index in [4.69, 9.17) is 0 Å². The van der Waals surface area contributed by atoms with Crippen molar-refractivity contribution in [3.63, 3.8) is 0 Å². The molecule has 5 heteroatoms. The normalized spacial score (nSPS) is 10.9. The molecule has 0 radical (unpaired) electrons. The molecule has 0 spiro atoms. The van der Waals surface area contributed by atoms with Crippen molar-refractivity contribution in [3.8, 4) is 0 Å². The largest absolute Gasteiger partial charge is 0.334 e. The number of benzene rings is 3. The number of hydrogen-bond donors (Lipinski definition) is 0. The van der Waals surface area contributed by atoms with E-state index in [9.17, 15) is 9.59 Å². The maximum Gasteiger partial charge on any atom is 0.308 e. The Morgan fingerprint density at radius 2 is 1.34 bits per heavy atom. The number of carbonyl (C=O) groups is 1. The summed E-state index contributed by atoms with van der Waals surface area (Å²) in [6, 6.07) is 27.7. The van der Waals surface area contributed by atoms with Crippen LogP contribution in [0.3, 0.4) is 0 Å². The topological polar surface area (TPSA) is 42.3 Å². The second-order valence-corrected chi connectivity index (χ2v) is 7.95. The maximum absolute atomic E-state index is 13.1. The molecule has 1 amide bonds. The Labute approximate surface area is 173 Å². The number of aryl methyl sites for hydroxylation is 1. The molecule has 4 rings (SSSR count). The zero-order chi connectivity index (χ0) is 20.1. The van der Waals surface area contributed by atoms with Gasteiger partial charge in [-0.1, -0.05) is 84.1 Å². The van der Waals surface area contributed by atoms with Crippen molar-refractivity contribution >= 4 is 27.5 Å². The molecule has 0 fully saturated rings. The molecule has 0 bridgehead atoms. The Morgan fingerprint density at radius 1 is 0.793 bits per heavy atom. The van der Waals surface area contributed by atoms with Gasteiger partial charge >= 0.3 is 4.87 Å². The van der Waals surface area contributed by atoms with Crippen molar-refractivity contribution in [2.75, 3.05) is 0 Å². The van der Waals surface area contributed by atoms with Crippen molar-refractivity contribution in [1.29, 1.82) is 0 Å². The molecule has 29 heavy (non-hydrogen) atoms. The first kappa shape index (κ1) is 19.2. The second-order valence-electron chi connectivity index (χ2n) is 6.96. The molecular formula is C24H22N2O2S. The summed E-state index contributed by atoms with van der Waals surface area (Å²) in [4.78, 5) is 27.3. The average Bonchev–Trinajstić information content (AvgIpc) is 3.08. The van der Waals surface area contributed by atoms with E-state index in [1.807, 2.05) is 89.8 Å². The Hall–Kier alpha value is -3.18. The number of aromatic nitrogens is 1. The Kier molecular flexibility index (Phi) is 5.86. The third kappa shape index (κ3) is 4.63. The number of thiazole rings is 1. The first-order valence-corrected chi connectivity index (χ1v) is 10.5. The van der Waals surface area contributed by atoms with Gasteiger partial charge < -0.3 is 4.90 Å². The SMILES string of the molecule is O=C(CCn1c(=O)sc2ccccc21)N(Cc1ccccc1)Cc1ccccc1. The molecule has 1 heterocycles. The number of carbonyl (C=O) groups excluding carboxylic acids is 1. The van der Waals surface area contributed by atoms with Crippen molar-refractivity contribution in [3.05, 3.63) is 106 Å². The summed E-state index contributed by atoms with van der Waals surface area (Å²) in [5.41, 5.74) is 3.08. The van der Waals surface area contributed by atoms with Gasteiger partial charge in [0.25, 0.3) is 0 Å². The van der Waals surface area contributed by atoms with Gasteiger partial charge in [0.1, 0.15) is 0 Å². The number of rotatable bonds is 7. The van der Waals surface area contributed by atoms with Gasteiger partial charge in [0.05, 0.1) is 10.2 Å². The summed E-state index contributed by atoms with van der Waals surface area (Å²) in [6.07, 6.45) is 0.292. The van der Waals surface area contributed by atoms with Gasteiger partial charge in [0.15, 0.2) is 0 Å². The number of fused-ring (bicyclic) bond motifs is 1. The fourth-order valence-electron chi connectivity index (χ4n) is 3.43. The molecule has 0 saturated heterocycles. The lowest BCUT2D eigenvalue weighted by Crippen LogP contribution is -2.31. The lowest BCUT2D eigenvalue weighted by Gasteiger charge is -2.23. The molecule has 0 atom stereocenters. The fraction of sp³-hybridized carbons (Fsp3) is 0.167. The summed E-state index contributed by atoms with van der Waals surface area (Å²) in [7, 11) is 0. The Morgan fingerprint density at radius 3 is 1.97 bits per heavy atom. The highest BCUT2D eigenvalue weighted by Crippen LogP contribution is 2.17. The number of nitrogens with zero attached hydrogens (tertiary/aromatic N) is 2. The molecule has 0 saturated carbocycles. The summed E-state index contributed by atoms with van der Waals surface area (Å²) >= 11 is 1.23. The quantitative estimate of drug-likeness (QED) is 0.450. The molecule has 0 aliphatic rings. The van der Waals surface area contributed by atoms with Crippen molar-refractivity contribution < 1.29 is 4.79 Å². The van der Waals surface area contributed by atoms with Crippen LogP contribution in [0.25, 0.3) is 10.2 Å². The van der Waals surface area contributed by atoms with Crippen LogP contribution < -0.4 is 4.87 Å². The van der Waals surface area contributed by atoms with E-state index in [1.54, 1.807) is 4.57 Å². The van der Waals surface area contributed by atoms with Gasteiger partial charge in [-0.25, -0.2) is 0 Å². The maximum atomic E-state index is 13.1. The molecule has 0 N–H and O–H groups in total. The van der Waals surface area contributed by atoms with Crippen LogP contribution in [0.1, 0.15) is 17.5 Å². The van der Waals surface area contributed by atoms with Crippen LogP contribution in [-0.4, -0.2) is 15.4 Å². The predicted molar refractivity (Wildman–Crippen MR) is 118 cm³/mol. The fourth-order valence-corrected chi connectivity index (χ4v) is 4.35. The van der Waals surface area contributed by atoms with E-state index >= 15 is 0 Å². The molecule has 4 nitrogen and oxygen atoms in total. The monoisotopic (exact) mass is 402 g/mol. The van der Waals surface area contributed by atoms with Crippen LogP contribution in [0.15, 0.2) is 89.7 Å². The summed E-state index contributed by atoms with van der Waals surface area (Å²) in [5, 5.41) is 0. The molecule has 146 valence electrons. The third-order valence-corrected chi connectivity index (χ3v) is 5.87. The Balaban J connectivity index is 1.52. The van der Waals surface area contributed by atoms with E-state index in [1.165, 1.54) is 11.3 Å². The lowest BCUT2D eigenvalue weighted by molar-refractivity contribution is -0.132. The summed E-state index contributed by atoms with van der Waals surface area (Å²) in [5.74, 6) is 0.0416. The minimum Gasteiger partial charge on any atom is -0.334 e. The van der Waals surface area contributed by atoms with Crippen LogP contribution in [0.5, 0.6) is 0 Å². The van der Waals surface area contributed by atoms with Crippen molar-refractivity contribution in [1.82, 2.24) is 9.47 Å². The average molecular weight is 403 g/mol. The van der Waals surface area contributed by atoms with E-state index in [0.717, 1.165) is 21.3 Å². The van der Waals surface area contributed by atoms with Crippen molar-refractivity contribution in [2.45, 2.75) is 26.1 Å². The van der Waals surface area contributed by atoms with Gasteiger partial charge in [0, 0.05) is 26.1 Å². The van der Waals surface area contributed by atoms with Gasteiger partial charge in [0.2, 0.25) is 5.91 Å². The minimum absolute atomic E-state index is 0.0170. The van der Waals surface area contributed by atoms with Crippen molar-refractivity contribution in [2.24, 2.45) is 0 Å². The van der Waals surface area contributed by atoms with E-state index in [-0.39, 0.29) is 10.8 Å². The molecular weight excluding hydrogens is 380 g/mol. The second kappa shape index (κ2) is 8.88.